The summed E-state index contributed by atoms with van der Waals surface area (Å²) in [6.07, 6.45) is 28.7. The molecule has 0 aliphatic heterocycles. The van der Waals surface area contributed by atoms with Crippen molar-refractivity contribution in [3.63, 3.8) is 0 Å². The van der Waals surface area contributed by atoms with Crippen molar-refractivity contribution in [2.24, 2.45) is 22.2 Å². The van der Waals surface area contributed by atoms with Crippen molar-refractivity contribution >= 4 is 23.5 Å². The van der Waals surface area contributed by atoms with Crippen LogP contribution in [0.3, 0.4) is 0 Å². The maximum Gasteiger partial charge on any atom is 0.264 e. The zero-order valence-corrected chi connectivity index (χ0v) is 31.1. The van der Waals surface area contributed by atoms with Gasteiger partial charge in [0, 0.05) is 26.2 Å². The Morgan fingerprint density at radius 2 is 1.02 bits per heavy atom. The van der Waals surface area contributed by atoms with Gasteiger partial charge in [0.25, 0.3) is 5.91 Å². The van der Waals surface area contributed by atoms with E-state index in [2.05, 4.69) is 24.2 Å². The first kappa shape index (κ1) is 52.2. The van der Waals surface area contributed by atoms with Gasteiger partial charge in [0.15, 0.2) is 5.96 Å². The molecule has 0 heterocycles. The standard InChI is InChI=1S/C35H71N7O2.CH4.2ClH/c1-3-5-7-9-11-13-15-16-18-20-22-24-29-42(28-23-21-19-17-14-12-10-8-6-4-2)34(44)32(37)30-41-33(43)31(36)26-25-27-40-35(38)39;;;/h32,36H,3-30,37H2,1-2H3,(H,41,43)(H4,38,39,40);1H4;2*1H/p-2. The van der Waals surface area contributed by atoms with Crippen LogP contribution in [0, 0.1) is 5.41 Å². The fraction of sp³-hybridized carbons (Fsp3) is 0.889. The fourth-order valence-corrected chi connectivity index (χ4v) is 5.47. The Bertz CT molecular complexity index is 753. The van der Waals surface area contributed by atoms with Crippen molar-refractivity contribution in [1.82, 2.24) is 10.2 Å². The van der Waals surface area contributed by atoms with Crippen LogP contribution in [0.2, 0.25) is 0 Å². The number of carbonyl (C=O) groups excluding carboxylic acids is 2. The van der Waals surface area contributed by atoms with Gasteiger partial charge in [-0.2, -0.15) is 0 Å². The van der Waals surface area contributed by atoms with Gasteiger partial charge in [-0.1, -0.05) is 150 Å². The molecule has 1 atom stereocenters. The predicted molar refractivity (Wildman–Crippen MR) is 195 cm³/mol. The molecule has 0 bridgehead atoms. The first-order chi connectivity index (χ1) is 21.3. The smallest absolute Gasteiger partial charge is 0.264 e. The van der Waals surface area contributed by atoms with Crippen LogP contribution in [0.15, 0.2) is 4.99 Å². The van der Waals surface area contributed by atoms with E-state index in [1.54, 1.807) is 0 Å². The van der Waals surface area contributed by atoms with Crippen molar-refractivity contribution in [1.29, 1.82) is 5.41 Å². The molecule has 0 aromatic heterocycles. The van der Waals surface area contributed by atoms with Crippen LogP contribution >= 0.6 is 0 Å². The predicted octanol–water partition coefficient (Wildman–Crippen LogP) is 1.60. The van der Waals surface area contributed by atoms with Gasteiger partial charge in [0.2, 0.25) is 5.91 Å². The highest BCUT2D eigenvalue weighted by Crippen LogP contribution is 2.14. The van der Waals surface area contributed by atoms with Crippen molar-refractivity contribution in [2.45, 2.75) is 181 Å². The minimum Gasteiger partial charge on any atom is -1.00 e. The van der Waals surface area contributed by atoms with Crippen LogP contribution < -0.4 is 47.3 Å². The van der Waals surface area contributed by atoms with Gasteiger partial charge < -0.3 is 52.2 Å². The quantitative estimate of drug-likeness (QED) is 0.0407. The Morgan fingerprint density at radius 1 is 0.660 bits per heavy atom. The van der Waals surface area contributed by atoms with Crippen LogP contribution in [0.4, 0.5) is 0 Å². The van der Waals surface area contributed by atoms with Gasteiger partial charge in [0.1, 0.15) is 6.04 Å². The minimum absolute atomic E-state index is 0. The van der Waals surface area contributed by atoms with Gasteiger partial charge >= 0.3 is 0 Å². The molecule has 1 unspecified atom stereocenters. The van der Waals surface area contributed by atoms with E-state index in [1.807, 2.05) is 4.90 Å². The summed E-state index contributed by atoms with van der Waals surface area (Å²) in [5.74, 6) is -0.611. The number of guanidine groups is 1. The third-order valence-electron chi connectivity index (χ3n) is 8.33. The molecule has 0 rings (SSSR count). The first-order valence-electron chi connectivity index (χ1n) is 18.3. The topological polar surface area (TPSA) is 164 Å². The molecule has 0 radical (unpaired) electrons. The first-order valence-corrected chi connectivity index (χ1v) is 18.3. The molecule has 0 aromatic rings. The third-order valence-corrected chi connectivity index (χ3v) is 8.33. The number of carbonyl (C=O) groups is 2. The molecule has 0 saturated heterocycles. The number of nitrogens with two attached hydrogens (primary N) is 3. The normalized spacial score (nSPS) is 11.0. The second-order valence-corrected chi connectivity index (χ2v) is 12.6. The monoisotopic (exact) mass is 708 g/mol. The average Bonchev–Trinajstić information content (AvgIpc) is 3.01. The Labute approximate surface area is 302 Å². The highest BCUT2D eigenvalue weighted by molar-refractivity contribution is 6.37. The number of rotatable bonds is 32. The summed E-state index contributed by atoms with van der Waals surface area (Å²) in [6.45, 7) is 6.34. The van der Waals surface area contributed by atoms with E-state index >= 15 is 0 Å². The lowest BCUT2D eigenvalue weighted by Gasteiger charge is -2.26. The van der Waals surface area contributed by atoms with Gasteiger partial charge in [0.05, 0.1) is 5.71 Å². The summed E-state index contributed by atoms with van der Waals surface area (Å²) >= 11 is 0. The van der Waals surface area contributed by atoms with E-state index in [0.29, 0.717) is 13.0 Å². The number of amides is 2. The molecule has 0 fully saturated rings. The van der Waals surface area contributed by atoms with Crippen LogP contribution in [0.25, 0.3) is 0 Å². The third kappa shape index (κ3) is 34.1. The molecule has 47 heavy (non-hydrogen) atoms. The zero-order chi connectivity index (χ0) is 32.7. The lowest BCUT2D eigenvalue weighted by Crippen LogP contribution is -3.00. The number of halogens is 2. The highest BCUT2D eigenvalue weighted by Gasteiger charge is 2.22. The molecule has 0 saturated carbocycles. The lowest BCUT2D eigenvalue weighted by atomic mass is 10.0. The maximum absolute atomic E-state index is 13.3. The summed E-state index contributed by atoms with van der Waals surface area (Å²) < 4.78 is 0. The van der Waals surface area contributed by atoms with E-state index < -0.39 is 11.9 Å². The van der Waals surface area contributed by atoms with Crippen molar-refractivity contribution < 1.29 is 34.4 Å². The number of nitrogens with zero attached hydrogens (tertiary/aromatic N) is 2. The van der Waals surface area contributed by atoms with E-state index in [4.69, 9.17) is 22.6 Å². The number of aliphatic imine (C=N–C) groups is 1. The van der Waals surface area contributed by atoms with Crippen LogP contribution in [0.1, 0.15) is 175 Å². The van der Waals surface area contributed by atoms with Crippen LogP contribution in [0.5, 0.6) is 0 Å². The van der Waals surface area contributed by atoms with E-state index in [9.17, 15) is 9.59 Å². The number of hydrogen-bond donors (Lipinski definition) is 5. The molecule has 8 N–H and O–H groups in total. The van der Waals surface area contributed by atoms with Crippen molar-refractivity contribution in [3.05, 3.63) is 0 Å². The zero-order valence-electron chi connectivity index (χ0n) is 29.6. The number of nitrogens with one attached hydrogen (secondary N) is 2. The summed E-state index contributed by atoms with van der Waals surface area (Å²) in [4.78, 5) is 31.4. The Morgan fingerprint density at radius 3 is 1.38 bits per heavy atom. The molecule has 0 spiro atoms. The second kappa shape index (κ2) is 38.9. The van der Waals surface area contributed by atoms with Crippen molar-refractivity contribution in [2.75, 3.05) is 26.2 Å². The average molecular weight is 709 g/mol. The SMILES string of the molecule is C.CCCCCCCCCCCCCCN(CCCCCCCCCCCC)C(=O)C(N)CNC(=O)C(=N)CCCN=C(N)N.[Cl-].[Cl-]. The molecule has 9 nitrogen and oxygen atoms in total. The molecule has 0 aliphatic rings. The second-order valence-electron chi connectivity index (χ2n) is 12.6. The Kier molecular flexibility index (Phi) is 43.2. The molecule has 282 valence electrons. The molecule has 0 aliphatic carbocycles. The maximum atomic E-state index is 13.3. The van der Waals surface area contributed by atoms with Gasteiger partial charge in [-0.25, -0.2) is 0 Å². The highest BCUT2D eigenvalue weighted by atomic mass is 35.5. The van der Waals surface area contributed by atoms with Gasteiger partial charge in [-0.15, -0.1) is 0 Å². The minimum atomic E-state index is -0.811. The summed E-state index contributed by atoms with van der Waals surface area (Å²) in [7, 11) is 0. The Hall–Kier alpha value is -1.58. The lowest BCUT2D eigenvalue weighted by molar-refractivity contribution is -0.132. The van der Waals surface area contributed by atoms with E-state index in [0.717, 1.165) is 38.8 Å². The molecular weight excluding hydrogens is 633 g/mol. The van der Waals surface area contributed by atoms with Crippen LogP contribution in [-0.2, 0) is 9.59 Å². The van der Waals surface area contributed by atoms with E-state index in [1.165, 1.54) is 116 Å². The molecule has 2 amide bonds. The number of unbranched alkanes of at least 4 members (excludes halogenated alkanes) is 20. The van der Waals surface area contributed by atoms with Crippen molar-refractivity contribution in [3.8, 4) is 0 Å². The molecule has 0 aromatic carbocycles. The largest absolute Gasteiger partial charge is 1.00 e. The Balaban J connectivity index is -0.00000308. The molecule has 11 heteroatoms. The van der Waals surface area contributed by atoms with Crippen LogP contribution in [-0.4, -0.2) is 60.6 Å². The summed E-state index contributed by atoms with van der Waals surface area (Å²) in [5, 5.41) is 10.6. The van der Waals surface area contributed by atoms with Gasteiger partial charge in [-0.05, 0) is 25.7 Å². The van der Waals surface area contributed by atoms with Gasteiger partial charge in [-0.3, -0.25) is 20.0 Å². The summed E-state index contributed by atoms with van der Waals surface area (Å²) in [6, 6.07) is -0.811. The number of hydrogen-bond acceptors (Lipinski definition) is 5. The van der Waals surface area contributed by atoms with E-state index in [-0.39, 0.29) is 62.8 Å². The molecular formula is C36H75Cl2N7O2-2. The fourth-order valence-electron chi connectivity index (χ4n) is 5.47. The summed E-state index contributed by atoms with van der Waals surface area (Å²) in [5.41, 5.74) is 16.8.